The predicted molar refractivity (Wildman–Crippen MR) is 89.0 cm³/mol. The molecule has 4 nitrogen and oxygen atoms in total. The van der Waals surface area contributed by atoms with E-state index in [-0.39, 0.29) is 5.56 Å². The molecule has 22 heavy (non-hydrogen) atoms. The largest absolute Gasteiger partial charge is 0.361 e. The van der Waals surface area contributed by atoms with Crippen molar-refractivity contribution >= 4 is 21.9 Å². The summed E-state index contributed by atoms with van der Waals surface area (Å²) in [5.41, 5.74) is 4.08. The van der Waals surface area contributed by atoms with E-state index >= 15 is 0 Å². The Labute approximate surface area is 127 Å². The number of benzene rings is 2. The van der Waals surface area contributed by atoms with Crippen LogP contribution in [0.3, 0.4) is 0 Å². The standard InChI is InChI=1S/C18H15N3O/c1-2-21-16-6-4-3-5-15(16)20-17(18(21)22)13-7-8-14-12(11-13)9-10-19-14/h3-11,19H,2H2,1H3. The molecule has 0 bridgehead atoms. The number of fused-ring (bicyclic) bond motifs is 2. The van der Waals surface area contributed by atoms with Gasteiger partial charge in [0, 0.05) is 29.2 Å². The number of para-hydroxylation sites is 2. The fourth-order valence-corrected chi connectivity index (χ4v) is 2.90. The summed E-state index contributed by atoms with van der Waals surface area (Å²) in [5, 5.41) is 1.08. The van der Waals surface area contributed by atoms with Crippen molar-refractivity contribution in [3.63, 3.8) is 0 Å². The van der Waals surface area contributed by atoms with E-state index in [0.717, 1.165) is 27.5 Å². The molecule has 0 spiro atoms. The molecule has 108 valence electrons. The van der Waals surface area contributed by atoms with Crippen molar-refractivity contribution in [3.05, 3.63) is 65.1 Å². The molecule has 2 aromatic heterocycles. The van der Waals surface area contributed by atoms with E-state index in [9.17, 15) is 4.79 Å². The Hall–Kier alpha value is -2.88. The van der Waals surface area contributed by atoms with Crippen molar-refractivity contribution in [1.29, 1.82) is 0 Å². The molecule has 0 amide bonds. The van der Waals surface area contributed by atoms with Gasteiger partial charge in [0.25, 0.3) is 5.56 Å². The third-order valence-electron chi connectivity index (χ3n) is 4.00. The second kappa shape index (κ2) is 4.84. The van der Waals surface area contributed by atoms with E-state index in [1.165, 1.54) is 0 Å². The minimum atomic E-state index is -0.0453. The summed E-state index contributed by atoms with van der Waals surface area (Å²) >= 11 is 0. The van der Waals surface area contributed by atoms with Crippen LogP contribution in [-0.2, 0) is 6.54 Å². The van der Waals surface area contributed by atoms with Gasteiger partial charge in [-0.25, -0.2) is 4.98 Å². The molecule has 2 aromatic carbocycles. The second-order valence-electron chi connectivity index (χ2n) is 5.28. The van der Waals surface area contributed by atoms with Gasteiger partial charge in [-0.15, -0.1) is 0 Å². The first-order chi connectivity index (χ1) is 10.8. The van der Waals surface area contributed by atoms with E-state index in [2.05, 4.69) is 9.97 Å². The Morgan fingerprint density at radius 2 is 2.00 bits per heavy atom. The number of aryl methyl sites for hydroxylation is 1. The maximum atomic E-state index is 12.8. The minimum absolute atomic E-state index is 0.0453. The first-order valence-electron chi connectivity index (χ1n) is 7.35. The Morgan fingerprint density at radius 3 is 2.86 bits per heavy atom. The molecule has 0 saturated carbocycles. The van der Waals surface area contributed by atoms with E-state index in [1.807, 2.05) is 61.7 Å². The highest BCUT2D eigenvalue weighted by molar-refractivity contribution is 5.85. The molecule has 0 aliphatic carbocycles. The third kappa shape index (κ3) is 1.84. The number of nitrogens with one attached hydrogen (secondary N) is 1. The minimum Gasteiger partial charge on any atom is -0.361 e. The Morgan fingerprint density at radius 1 is 1.14 bits per heavy atom. The van der Waals surface area contributed by atoms with Crippen molar-refractivity contribution in [1.82, 2.24) is 14.5 Å². The Bertz CT molecular complexity index is 1040. The number of hydrogen-bond donors (Lipinski definition) is 1. The van der Waals surface area contributed by atoms with Gasteiger partial charge in [0.05, 0.1) is 11.0 Å². The highest BCUT2D eigenvalue weighted by atomic mass is 16.1. The molecule has 1 N–H and O–H groups in total. The van der Waals surface area contributed by atoms with Gasteiger partial charge >= 0.3 is 0 Å². The molecule has 0 unspecified atom stereocenters. The van der Waals surface area contributed by atoms with Crippen molar-refractivity contribution < 1.29 is 0 Å². The molecule has 0 atom stereocenters. The summed E-state index contributed by atoms with van der Waals surface area (Å²) in [6.45, 7) is 2.61. The van der Waals surface area contributed by atoms with Crippen LogP contribution in [0.4, 0.5) is 0 Å². The van der Waals surface area contributed by atoms with Gasteiger partial charge in [-0.2, -0.15) is 0 Å². The van der Waals surface area contributed by atoms with E-state index in [4.69, 9.17) is 0 Å². The van der Waals surface area contributed by atoms with Crippen LogP contribution in [-0.4, -0.2) is 14.5 Å². The molecular formula is C18H15N3O. The first kappa shape index (κ1) is 12.8. The van der Waals surface area contributed by atoms with Crippen LogP contribution < -0.4 is 5.56 Å². The number of aromatic nitrogens is 3. The highest BCUT2D eigenvalue weighted by Crippen LogP contribution is 2.22. The van der Waals surface area contributed by atoms with Gasteiger partial charge in [0.15, 0.2) is 0 Å². The van der Waals surface area contributed by atoms with Crippen LogP contribution >= 0.6 is 0 Å². The SMILES string of the molecule is CCn1c(=O)c(-c2ccc3[nH]ccc3c2)nc2ccccc21. The molecule has 0 aliphatic rings. The lowest BCUT2D eigenvalue weighted by Crippen LogP contribution is -2.22. The zero-order chi connectivity index (χ0) is 15.1. The van der Waals surface area contributed by atoms with Crippen LogP contribution in [0.5, 0.6) is 0 Å². The summed E-state index contributed by atoms with van der Waals surface area (Å²) in [5.74, 6) is 0. The van der Waals surface area contributed by atoms with Crippen molar-refractivity contribution in [3.8, 4) is 11.3 Å². The smallest absolute Gasteiger partial charge is 0.277 e. The molecule has 4 rings (SSSR count). The summed E-state index contributed by atoms with van der Waals surface area (Å²) < 4.78 is 1.78. The zero-order valence-electron chi connectivity index (χ0n) is 12.2. The van der Waals surface area contributed by atoms with Crippen LogP contribution in [0.1, 0.15) is 6.92 Å². The van der Waals surface area contributed by atoms with Crippen molar-refractivity contribution in [2.75, 3.05) is 0 Å². The zero-order valence-corrected chi connectivity index (χ0v) is 12.2. The molecule has 0 saturated heterocycles. The lowest BCUT2D eigenvalue weighted by Gasteiger charge is -2.10. The third-order valence-corrected chi connectivity index (χ3v) is 4.00. The second-order valence-corrected chi connectivity index (χ2v) is 5.28. The van der Waals surface area contributed by atoms with Gasteiger partial charge in [-0.05, 0) is 37.3 Å². The number of rotatable bonds is 2. The summed E-state index contributed by atoms with van der Waals surface area (Å²) in [6, 6.07) is 15.7. The Balaban J connectivity index is 2.05. The van der Waals surface area contributed by atoms with Crippen molar-refractivity contribution in [2.45, 2.75) is 13.5 Å². The van der Waals surface area contributed by atoms with Crippen LogP contribution in [0.2, 0.25) is 0 Å². The molecule has 4 heteroatoms. The van der Waals surface area contributed by atoms with Gasteiger partial charge in [0.1, 0.15) is 5.69 Å². The Kier molecular flexibility index (Phi) is 2.82. The predicted octanol–water partition coefficient (Wildman–Crippen LogP) is 3.56. The van der Waals surface area contributed by atoms with Crippen LogP contribution in [0, 0.1) is 0 Å². The summed E-state index contributed by atoms with van der Waals surface area (Å²) in [7, 11) is 0. The average molecular weight is 289 g/mol. The maximum Gasteiger partial charge on any atom is 0.277 e. The monoisotopic (exact) mass is 289 g/mol. The lowest BCUT2D eigenvalue weighted by molar-refractivity contribution is 0.756. The fourth-order valence-electron chi connectivity index (χ4n) is 2.90. The molecule has 2 heterocycles. The quantitative estimate of drug-likeness (QED) is 0.613. The van der Waals surface area contributed by atoms with Crippen molar-refractivity contribution in [2.24, 2.45) is 0 Å². The summed E-state index contributed by atoms with van der Waals surface area (Å²) in [4.78, 5) is 20.5. The lowest BCUT2D eigenvalue weighted by atomic mass is 10.1. The normalized spacial score (nSPS) is 11.3. The molecular weight excluding hydrogens is 274 g/mol. The maximum absolute atomic E-state index is 12.8. The van der Waals surface area contributed by atoms with Crippen LogP contribution in [0.15, 0.2) is 59.5 Å². The first-order valence-corrected chi connectivity index (χ1v) is 7.35. The number of nitrogens with zero attached hydrogens (tertiary/aromatic N) is 2. The fraction of sp³-hybridized carbons (Fsp3) is 0.111. The summed E-state index contributed by atoms with van der Waals surface area (Å²) in [6.07, 6.45) is 1.90. The molecule has 4 aromatic rings. The number of hydrogen-bond acceptors (Lipinski definition) is 2. The molecule has 0 fully saturated rings. The average Bonchev–Trinajstić information content (AvgIpc) is 3.02. The number of aromatic amines is 1. The molecule has 0 radical (unpaired) electrons. The van der Waals surface area contributed by atoms with E-state index in [1.54, 1.807) is 4.57 Å². The number of H-pyrrole nitrogens is 1. The van der Waals surface area contributed by atoms with E-state index < -0.39 is 0 Å². The van der Waals surface area contributed by atoms with Gasteiger partial charge < -0.3 is 9.55 Å². The molecule has 0 aliphatic heterocycles. The van der Waals surface area contributed by atoms with Gasteiger partial charge in [-0.3, -0.25) is 4.79 Å². The van der Waals surface area contributed by atoms with Gasteiger partial charge in [0.2, 0.25) is 0 Å². The van der Waals surface area contributed by atoms with E-state index in [0.29, 0.717) is 12.2 Å². The van der Waals surface area contributed by atoms with Gasteiger partial charge in [-0.1, -0.05) is 18.2 Å². The van der Waals surface area contributed by atoms with Crippen LogP contribution in [0.25, 0.3) is 33.2 Å². The highest BCUT2D eigenvalue weighted by Gasteiger charge is 2.12. The topological polar surface area (TPSA) is 50.7 Å².